The van der Waals surface area contributed by atoms with Gasteiger partial charge in [0.25, 0.3) is 0 Å². The van der Waals surface area contributed by atoms with Crippen LogP contribution < -0.4 is 0 Å². The molecule has 0 aliphatic carbocycles. The third-order valence-electron chi connectivity index (χ3n) is 4.60. The monoisotopic (exact) mass is 405 g/mol. The van der Waals surface area contributed by atoms with Gasteiger partial charge in [0.15, 0.2) is 0 Å². The Hall–Kier alpha value is -0.300. The first-order valence-corrected chi connectivity index (χ1v) is 8.38. The van der Waals surface area contributed by atoms with Crippen molar-refractivity contribution in [2.75, 3.05) is 13.1 Å². The number of aliphatic hydroxyl groups is 1. The number of aromatic hydroxyl groups is 2. The molecule has 20 heavy (non-hydrogen) atoms. The number of hydrogen-bond acceptors (Lipinski definition) is 4. The predicted octanol–water partition coefficient (Wildman–Crippen LogP) is 2.62. The maximum atomic E-state index is 10.4. The summed E-state index contributed by atoms with van der Waals surface area (Å²) in [5.74, 6) is 0.439. The Balaban J connectivity index is 1.88. The van der Waals surface area contributed by atoms with Crippen LogP contribution in [0.2, 0.25) is 0 Å². The molecule has 3 fully saturated rings. The summed E-state index contributed by atoms with van der Waals surface area (Å²) >= 11 is 6.48. The van der Waals surface area contributed by atoms with E-state index in [2.05, 4.69) is 36.8 Å². The zero-order valence-corrected chi connectivity index (χ0v) is 14.1. The van der Waals surface area contributed by atoms with Crippen molar-refractivity contribution in [2.45, 2.75) is 31.4 Å². The third-order valence-corrected chi connectivity index (χ3v) is 5.95. The van der Waals surface area contributed by atoms with Gasteiger partial charge in [0.05, 0.1) is 10.6 Å². The minimum Gasteiger partial charge on any atom is -0.506 e. The van der Waals surface area contributed by atoms with Crippen molar-refractivity contribution in [1.82, 2.24) is 4.90 Å². The number of rotatable bonds is 2. The first-order chi connectivity index (χ1) is 9.49. The molecule has 0 aromatic heterocycles. The summed E-state index contributed by atoms with van der Waals surface area (Å²) in [6.07, 6.45) is 2.38. The number of piperidine rings is 3. The van der Waals surface area contributed by atoms with E-state index in [1.807, 2.05) is 0 Å². The molecule has 1 aromatic rings. The van der Waals surface area contributed by atoms with E-state index in [4.69, 9.17) is 0 Å². The molecule has 2 bridgehead atoms. The molecule has 0 spiro atoms. The molecule has 2 atom stereocenters. The van der Waals surface area contributed by atoms with Gasteiger partial charge in [0.1, 0.15) is 16.0 Å². The fourth-order valence-corrected chi connectivity index (χ4v) is 4.61. The van der Waals surface area contributed by atoms with E-state index in [-0.39, 0.29) is 23.6 Å². The summed E-state index contributed by atoms with van der Waals surface area (Å²) in [5, 5.41) is 30.3. The number of phenols is 2. The van der Waals surface area contributed by atoms with Crippen LogP contribution in [0.15, 0.2) is 15.0 Å². The molecule has 3 aliphatic rings. The standard InChI is InChI=1S/C14H17Br2NO3/c15-9-5-8(13(19)11(16)14(9)20)6-10-12(18)7-1-3-17(10)4-2-7/h5,7,10,12,18-20H,1-4,6H2. The summed E-state index contributed by atoms with van der Waals surface area (Å²) in [6, 6.07) is 1.78. The first kappa shape index (κ1) is 14.6. The van der Waals surface area contributed by atoms with Crippen LogP contribution >= 0.6 is 31.9 Å². The van der Waals surface area contributed by atoms with E-state index in [0.29, 0.717) is 21.3 Å². The molecule has 2 unspecified atom stereocenters. The predicted molar refractivity (Wildman–Crippen MR) is 83.0 cm³/mol. The van der Waals surface area contributed by atoms with Gasteiger partial charge in [-0.3, -0.25) is 4.90 Å². The maximum Gasteiger partial charge on any atom is 0.147 e. The van der Waals surface area contributed by atoms with Crippen molar-refractivity contribution in [3.05, 3.63) is 20.6 Å². The first-order valence-electron chi connectivity index (χ1n) is 6.80. The Bertz CT molecular complexity index is 528. The topological polar surface area (TPSA) is 63.9 Å². The van der Waals surface area contributed by atoms with Crippen LogP contribution in [0, 0.1) is 5.92 Å². The Morgan fingerprint density at radius 1 is 1.15 bits per heavy atom. The summed E-state index contributed by atoms with van der Waals surface area (Å²) < 4.78 is 0.843. The second kappa shape index (κ2) is 5.48. The van der Waals surface area contributed by atoms with Crippen LogP contribution in [0.3, 0.4) is 0 Å². The second-order valence-corrected chi connectivity index (χ2v) is 7.31. The molecule has 4 rings (SSSR count). The largest absolute Gasteiger partial charge is 0.506 e. The van der Waals surface area contributed by atoms with Gasteiger partial charge in [-0.15, -0.1) is 0 Å². The highest BCUT2D eigenvalue weighted by atomic mass is 79.9. The molecule has 3 aliphatic heterocycles. The van der Waals surface area contributed by atoms with E-state index >= 15 is 0 Å². The van der Waals surface area contributed by atoms with Gasteiger partial charge < -0.3 is 15.3 Å². The average molecular weight is 407 g/mol. The average Bonchev–Trinajstić information content (AvgIpc) is 2.46. The highest BCUT2D eigenvalue weighted by Crippen LogP contribution is 2.43. The Morgan fingerprint density at radius 3 is 2.40 bits per heavy atom. The lowest BCUT2D eigenvalue weighted by atomic mass is 9.78. The minimum atomic E-state index is -0.330. The van der Waals surface area contributed by atoms with Crippen molar-refractivity contribution in [1.29, 1.82) is 0 Å². The van der Waals surface area contributed by atoms with Gasteiger partial charge in [-0.25, -0.2) is 0 Å². The Morgan fingerprint density at radius 2 is 1.80 bits per heavy atom. The number of halogens is 2. The number of aliphatic hydroxyl groups excluding tert-OH is 1. The molecule has 3 N–H and O–H groups in total. The van der Waals surface area contributed by atoms with Crippen LogP contribution in [0.5, 0.6) is 11.5 Å². The Labute approximate surface area is 134 Å². The molecule has 110 valence electrons. The quantitative estimate of drug-likeness (QED) is 0.706. The van der Waals surface area contributed by atoms with Crippen molar-refractivity contribution < 1.29 is 15.3 Å². The summed E-state index contributed by atoms with van der Waals surface area (Å²) in [7, 11) is 0. The van der Waals surface area contributed by atoms with Gasteiger partial charge in [-0.05, 0) is 81.8 Å². The minimum absolute atomic E-state index is 0.00253. The maximum absolute atomic E-state index is 10.4. The fourth-order valence-electron chi connectivity index (χ4n) is 3.40. The zero-order chi connectivity index (χ0) is 14.4. The highest BCUT2D eigenvalue weighted by molar-refractivity contribution is 9.11. The molecular formula is C14H17Br2NO3. The van der Waals surface area contributed by atoms with Crippen LogP contribution in [0.4, 0.5) is 0 Å². The molecule has 0 amide bonds. The number of fused-ring (bicyclic) bond motifs is 3. The van der Waals surface area contributed by atoms with E-state index in [1.165, 1.54) is 0 Å². The second-order valence-electron chi connectivity index (χ2n) is 5.66. The normalized spacial score (nSPS) is 32.5. The van der Waals surface area contributed by atoms with Crippen LogP contribution in [-0.2, 0) is 6.42 Å². The van der Waals surface area contributed by atoms with Crippen molar-refractivity contribution in [3.8, 4) is 11.5 Å². The molecule has 0 saturated carbocycles. The van der Waals surface area contributed by atoms with Crippen LogP contribution in [0.1, 0.15) is 18.4 Å². The summed E-state index contributed by atoms with van der Waals surface area (Å²) in [4.78, 5) is 2.30. The van der Waals surface area contributed by atoms with E-state index in [1.54, 1.807) is 6.07 Å². The lowest BCUT2D eigenvalue weighted by Crippen LogP contribution is -2.58. The lowest BCUT2D eigenvalue weighted by Gasteiger charge is -2.49. The zero-order valence-electron chi connectivity index (χ0n) is 10.9. The van der Waals surface area contributed by atoms with E-state index in [0.717, 1.165) is 31.5 Å². The molecular weight excluding hydrogens is 390 g/mol. The van der Waals surface area contributed by atoms with Crippen molar-refractivity contribution in [2.24, 2.45) is 5.92 Å². The lowest BCUT2D eigenvalue weighted by molar-refractivity contribution is -0.0716. The summed E-state index contributed by atoms with van der Waals surface area (Å²) in [5.41, 5.74) is 0.734. The van der Waals surface area contributed by atoms with Gasteiger partial charge >= 0.3 is 0 Å². The third kappa shape index (κ3) is 2.36. The molecule has 6 heteroatoms. The smallest absolute Gasteiger partial charge is 0.147 e. The molecule has 1 aromatic carbocycles. The van der Waals surface area contributed by atoms with Crippen molar-refractivity contribution in [3.63, 3.8) is 0 Å². The number of benzene rings is 1. The SMILES string of the molecule is Oc1c(Br)cc(CC2C(O)C3CCN2CC3)c(O)c1Br. The highest BCUT2D eigenvalue weighted by Gasteiger charge is 2.41. The van der Waals surface area contributed by atoms with Crippen LogP contribution in [-0.4, -0.2) is 45.5 Å². The number of hydrogen-bond donors (Lipinski definition) is 3. The van der Waals surface area contributed by atoms with Gasteiger partial charge in [-0.1, -0.05) is 0 Å². The fraction of sp³-hybridized carbons (Fsp3) is 0.571. The Kier molecular flexibility index (Phi) is 4.01. The van der Waals surface area contributed by atoms with E-state index in [9.17, 15) is 15.3 Å². The molecule has 0 radical (unpaired) electrons. The molecule has 3 saturated heterocycles. The molecule has 3 heterocycles. The van der Waals surface area contributed by atoms with Gasteiger partial charge in [0.2, 0.25) is 0 Å². The van der Waals surface area contributed by atoms with Gasteiger partial charge in [0, 0.05) is 6.04 Å². The van der Waals surface area contributed by atoms with Gasteiger partial charge in [-0.2, -0.15) is 0 Å². The molecule has 4 nitrogen and oxygen atoms in total. The van der Waals surface area contributed by atoms with Crippen LogP contribution in [0.25, 0.3) is 0 Å². The summed E-state index contributed by atoms with van der Waals surface area (Å²) in [6.45, 7) is 2.04. The number of phenolic OH excluding ortho intramolecular Hbond substituents is 2. The number of nitrogens with zero attached hydrogens (tertiary/aromatic N) is 1. The van der Waals surface area contributed by atoms with E-state index < -0.39 is 0 Å². The van der Waals surface area contributed by atoms with Crippen molar-refractivity contribution >= 4 is 31.9 Å².